The van der Waals surface area contributed by atoms with E-state index in [1.807, 2.05) is 0 Å². The van der Waals surface area contributed by atoms with E-state index in [2.05, 4.69) is 4.90 Å². The first-order chi connectivity index (χ1) is 12.4. The molecule has 0 bridgehead atoms. The summed E-state index contributed by atoms with van der Waals surface area (Å²) in [4.78, 5) is 14.6. The number of carbonyl (C=O) groups excluding carboxylic acids is 1. The fourth-order valence-corrected chi connectivity index (χ4v) is 3.86. The van der Waals surface area contributed by atoms with Crippen molar-refractivity contribution in [2.24, 2.45) is 0 Å². The fourth-order valence-electron chi connectivity index (χ4n) is 3.86. The zero-order valence-electron chi connectivity index (χ0n) is 14.6. The largest absolute Gasteiger partial charge is 0.460 e. The van der Waals surface area contributed by atoms with E-state index >= 15 is 0 Å². The van der Waals surface area contributed by atoms with E-state index in [-0.39, 0.29) is 24.1 Å². The molecule has 3 rings (SSSR count). The molecule has 1 saturated carbocycles. The van der Waals surface area contributed by atoms with E-state index in [0.29, 0.717) is 13.2 Å². The SMILES string of the molecule is O=C(Cc1ccccc1C(F)(F)F)O[C@@H]1CCCC[C@@H]1N1CCOCC1. The average Bonchev–Trinajstić information content (AvgIpc) is 2.62. The van der Waals surface area contributed by atoms with Crippen molar-refractivity contribution in [2.75, 3.05) is 26.3 Å². The summed E-state index contributed by atoms with van der Waals surface area (Å²) in [6.07, 6.45) is -1.34. The molecule has 0 spiro atoms. The summed E-state index contributed by atoms with van der Waals surface area (Å²) in [6, 6.07) is 5.31. The quantitative estimate of drug-likeness (QED) is 0.760. The molecular weight excluding hydrogens is 347 g/mol. The van der Waals surface area contributed by atoms with Crippen molar-refractivity contribution >= 4 is 5.97 Å². The Morgan fingerprint density at radius 3 is 2.58 bits per heavy atom. The number of esters is 1. The van der Waals surface area contributed by atoms with Crippen LogP contribution in [0.1, 0.15) is 36.8 Å². The Labute approximate surface area is 151 Å². The number of ether oxygens (including phenoxy) is 2. The highest BCUT2D eigenvalue weighted by molar-refractivity contribution is 5.73. The highest BCUT2D eigenvalue weighted by Gasteiger charge is 2.35. The molecule has 0 unspecified atom stereocenters. The monoisotopic (exact) mass is 371 g/mol. The second-order valence-electron chi connectivity index (χ2n) is 6.86. The standard InChI is InChI=1S/C19H24F3NO3/c20-19(21,22)15-6-2-1-5-14(15)13-18(24)26-17-8-4-3-7-16(17)23-9-11-25-12-10-23/h1-2,5-6,16-17H,3-4,7-13H2/t16-,17+/m0/s1. The average molecular weight is 371 g/mol. The number of hydrogen-bond donors (Lipinski definition) is 0. The van der Waals surface area contributed by atoms with Gasteiger partial charge in [0.05, 0.1) is 25.2 Å². The fraction of sp³-hybridized carbons (Fsp3) is 0.632. The van der Waals surface area contributed by atoms with Gasteiger partial charge in [0.2, 0.25) is 0 Å². The third kappa shape index (κ3) is 4.76. The van der Waals surface area contributed by atoms with E-state index in [0.717, 1.165) is 44.8 Å². The first-order valence-corrected chi connectivity index (χ1v) is 9.11. The van der Waals surface area contributed by atoms with Crippen molar-refractivity contribution in [3.63, 3.8) is 0 Å². The number of nitrogens with zero attached hydrogens (tertiary/aromatic N) is 1. The van der Waals surface area contributed by atoms with Crippen LogP contribution in [0.4, 0.5) is 13.2 Å². The second kappa shape index (κ2) is 8.39. The van der Waals surface area contributed by atoms with Gasteiger partial charge >= 0.3 is 12.1 Å². The highest BCUT2D eigenvalue weighted by Crippen LogP contribution is 2.32. The Hall–Kier alpha value is -1.60. The summed E-state index contributed by atoms with van der Waals surface area (Å²) in [7, 11) is 0. The van der Waals surface area contributed by atoms with Crippen molar-refractivity contribution in [3.05, 3.63) is 35.4 Å². The number of halogens is 3. The van der Waals surface area contributed by atoms with Crippen molar-refractivity contribution in [2.45, 2.75) is 50.4 Å². The van der Waals surface area contributed by atoms with Gasteiger partial charge in [0, 0.05) is 19.1 Å². The Morgan fingerprint density at radius 1 is 1.15 bits per heavy atom. The Balaban J connectivity index is 1.65. The van der Waals surface area contributed by atoms with Crippen LogP contribution in [0.5, 0.6) is 0 Å². The topological polar surface area (TPSA) is 38.8 Å². The predicted octanol–water partition coefficient (Wildman–Crippen LogP) is 3.43. The number of hydrogen-bond acceptors (Lipinski definition) is 4. The van der Waals surface area contributed by atoms with E-state index < -0.39 is 17.7 Å². The van der Waals surface area contributed by atoms with E-state index in [1.165, 1.54) is 18.2 Å². The lowest BCUT2D eigenvalue weighted by molar-refractivity contribution is -0.155. The third-order valence-electron chi connectivity index (χ3n) is 5.12. The maximum absolute atomic E-state index is 13.1. The molecule has 1 aromatic carbocycles. The number of rotatable bonds is 4. The molecule has 26 heavy (non-hydrogen) atoms. The van der Waals surface area contributed by atoms with Gasteiger partial charge in [-0.05, 0) is 30.9 Å². The van der Waals surface area contributed by atoms with Crippen LogP contribution in [-0.2, 0) is 26.9 Å². The summed E-state index contributed by atoms with van der Waals surface area (Å²) in [5.74, 6) is -0.591. The normalized spacial score (nSPS) is 25.0. The molecule has 0 amide bonds. The summed E-state index contributed by atoms with van der Waals surface area (Å²) in [6.45, 7) is 2.93. The second-order valence-corrected chi connectivity index (χ2v) is 6.86. The zero-order valence-corrected chi connectivity index (χ0v) is 14.6. The van der Waals surface area contributed by atoms with Gasteiger partial charge < -0.3 is 9.47 Å². The van der Waals surface area contributed by atoms with Crippen LogP contribution in [0, 0.1) is 0 Å². The molecule has 1 aliphatic carbocycles. The molecule has 2 aliphatic rings. The van der Waals surface area contributed by atoms with E-state index in [9.17, 15) is 18.0 Å². The number of carbonyl (C=O) groups is 1. The molecule has 7 heteroatoms. The number of alkyl halides is 3. The van der Waals surface area contributed by atoms with Crippen LogP contribution in [0.25, 0.3) is 0 Å². The van der Waals surface area contributed by atoms with Crippen LogP contribution >= 0.6 is 0 Å². The molecule has 2 fully saturated rings. The Kier molecular flexibility index (Phi) is 6.19. The maximum atomic E-state index is 13.1. The van der Waals surface area contributed by atoms with Crippen molar-refractivity contribution in [1.82, 2.24) is 4.90 Å². The van der Waals surface area contributed by atoms with Crippen molar-refractivity contribution in [1.29, 1.82) is 0 Å². The van der Waals surface area contributed by atoms with E-state index in [1.54, 1.807) is 0 Å². The van der Waals surface area contributed by atoms with Gasteiger partial charge in [-0.15, -0.1) is 0 Å². The lowest BCUT2D eigenvalue weighted by Crippen LogP contribution is -2.51. The van der Waals surface area contributed by atoms with Crippen LogP contribution < -0.4 is 0 Å². The highest BCUT2D eigenvalue weighted by atomic mass is 19.4. The maximum Gasteiger partial charge on any atom is 0.416 e. The first-order valence-electron chi connectivity index (χ1n) is 9.11. The predicted molar refractivity (Wildman–Crippen MR) is 89.7 cm³/mol. The summed E-state index contributed by atoms with van der Waals surface area (Å²) in [5, 5.41) is 0. The molecule has 0 radical (unpaired) electrons. The first kappa shape index (κ1) is 19.2. The van der Waals surface area contributed by atoms with Crippen LogP contribution in [0.3, 0.4) is 0 Å². The number of benzene rings is 1. The lowest BCUT2D eigenvalue weighted by atomic mass is 9.91. The van der Waals surface area contributed by atoms with Crippen LogP contribution in [0.15, 0.2) is 24.3 Å². The molecule has 4 nitrogen and oxygen atoms in total. The molecule has 1 aromatic rings. The molecule has 2 atom stereocenters. The van der Waals surface area contributed by atoms with Gasteiger partial charge in [0.15, 0.2) is 0 Å². The van der Waals surface area contributed by atoms with Gasteiger partial charge in [-0.1, -0.05) is 24.6 Å². The Morgan fingerprint density at radius 2 is 1.85 bits per heavy atom. The van der Waals surface area contributed by atoms with Gasteiger partial charge in [0.1, 0.15) is 6.10 Å². The van der Waals surface area contributed by atoms with Crippen molar-refractivity contribution in [3.8, 4) is 0 Å². The molecular formula is C19H24F3NO3. The Bertz CT molecular complexity index is 614. The molecule has 1 heterocycles. The minimum absolute atomic E-state index is 0.0382. The molecule has 1 saturated heterocycles. The smallest absolute Gasteiger partial charge is 0.416 e. The van der Waals surface area contributed by atoms with Crippen LogP contribution in [0.2, 0.25) is 0 Å². The summed E-state index contributed by atoms with van der Waals surface area (Å²) >= 11 is 0. The lowest BCUT2D eigenvalue weighted by Gasteiger charge is -2.41. The van der Waals surface area contributed by atoms with Crippen molar-refractivity contribution < 1.29 is 27.4 Å². The zero-order chi connectivity index (χ0) is 18.6. The number of morpholine rings is 1. The van der Waals surface area contributed by atoms with Gasteiger partial charge in [-0.3, -0.25) is 9.69 Å². The van der Waals surface area contributed by atoms with Gasteiger partial charge in [0.25, 0.3) is 0 Å². The third-order valence-corrected chi connectivity index (χ3v) is 5.12. The van der Waals surface area contributed by atoms with E-state index in [4.69, 9.17) is 9.47 Å². The van der Waals surface area contributed by atoms with Crippen LogP contribution in [-0.4, -0.2) is 49.3 Å². The summed E-state index contributed by atoms with van der Waals surface area (Å²) in [5.41, 5.74) is -0.811. The molecule has 1 aliphatic heterocycles. The molecule has 144 valence electrons. The minimum atomic E-state index is -4.47. The minimum Gasteiger partial charge on any atom is -0.460 e. The summed E-state index contributed by atoms with van der Waals surface area (Å²) < 4.78 is 50.3. The molecule has 0 N–H and O–H groups in total. The van der Waals surface area contributed by atoms with Gasteiger partial charge in [-0.25, -0.2) is 0 Å². The molecule has 0 aromatic heterocycles. The van der Waals surface area contributed by atoms with Gasteiger partial charge in [-0.2, -0.15) is 13.2 Å².